The van der Waals surface area contributed by atoms with Crippen LogP contribution in [0.5, 0.6) is 0 Å². The number of benzene rings is 3. The van der Waals surface area contributed by atoms with Gasteiger partial charge in [-0.3, -0.25) is 9.59 Å². The fraction of sp³-hybridized carbons (Fsp3) is 0.200. The molecule has 158 valence electrons. The highest BCUT2D eigenvalue weighted by Gasteiger charge is 2.55. The minimum atomic E-state index is -0.790. The number of carbonyl (C=O) groups is 2. The highest BCUT2D eigenvalue weighted by Crippen LogP contribution is 2.51. The first-order chi connectivity index (χ1) is 14.9. The summed E-state index contributed by atoms with van der Waals surface area (Å²) in [5.41, 5.74) is 2.89. The Bertz CT molecular complexity index is 1130. The van der Waals surface area contributed by atoms with E-state index in [0.717, 1.165) is 27.4 Å². The average Bonchev–Trinajstić information content (AvgIpc) is 3.02. The number of amides is 2. The van der Waals surface area contributed by atoms with Crippen LogP contribution in [-0.2, 0) is 15.0 Å². The number of nitrogens with one attached hydrogen (secondary N) is 2. The normalized spacial score (nSPS) is 21.6. The second-order valence-corrected chi connectivity index (χ2v) is 8.70. The van der Waals surface area contributed by atoms with Crippen molar-refractivity contribution in [3.8, 4) is 0 Å². The van der Waals surface area contributed by atoms with Gasteiger partial charge in [0.2, 0.25) is 11.8 Å². The van der Waals surface area contributed by atoms with Gasteiger partial charge >= 0.3 is 0 Å². The van der Waals surface area contributed by atoms with E-state index in [1.807, 2.05) is 67.6 Å². The highest BCUT2D eigenvalue weighted by atomic mass is 35.5. The summed E-state index contributed by atoms with van der Waals surface area (Å²) in [6.07, 6.45) is 0.815. The Labute approximate surface area is 191 Å². The molecule has 0 aromatic heterocycles. The first-order valence-corrected chi connectivity index (χ1v) is 10.8. The number of halogens is 2. The van der Waals surface area contributed by atoms with E-state index in [9.17, 15) is 9.59 Å². The first kappa shape index (κ1) is 21.4. The van der Waals surface area contributed by atoms with Crippen molar-refractivity contribution in [3.63, 3.8) is 0 Å². The molecule has 2 amide bonds. The third-order valence-corrected chi connectivity index (χ3v) is 6.26. The van der Waals surface area contributed by atoms with Gasteiger partial charge in [-0.2, -0.15) is 0 Å². The summed E-state index contributed by atoms with van der Waals surface area (Å²) in [6.45, 7) is 2.00. The number of carbonyl (C=O) groups excluding carboxylic acids is 2. The maximum atomic E-state index is 13.0. The molecule has 1 saturated heterocycles. The number of piperidine rings is 1. The van der Waals surface area contributed by atoms with Gasteiger partial charge in [0.15, 0.2) is 0 Å². The van der Waals surface area contributed by atoms with Crippen LogP contribution in [0.2, 0.25) is 10.0 Å². The first-order valence-electron chi connectivity index (χ1n) is 10.1. The third-order valence-electron chi connectivity index (χ3n) is 5.77. The van der Waals surface area contributed by atoms with Crippen LogP contribution in [0, 0.1) is 6.92 Å². The van der Waals surface area contributed by atoms with Crippen molar-refractivity contribution in [2.45, 2.75) is 31.2 Å². The number of hydrogen-bond donors (Lipinski definition) is 2. The molecule has 2 heterocycles. The lowest BCUT2D eigenvalue weighted by Gasteiger charge is -2.40. The molecule has 2 aliphatic rings. The van der Waals surface area contributed by atoms with Crippen molar-refractivity contribution in [2.24, 2.45) is 0 Å². The second kappa shape index (κ2) is 8.74. The number of fused-ring (bicyclic) bond motifs is 2. The number of anilines is 1. The van der Waals surface area contributed by atoms with E-state index in [1.54, 1.807) is 12.1 Å². The molecule has 4 nitrogen and oxygen atoms in total. The summed E-state index contributed by atoms with van der Waals surface area (Å²) < 4.78 is 0. The zero-order valence-corrected chi connectivity index (χ0v) is 18.5. The molecule has 5 rings (SSSR count). The van der Waals surface area contributed by atoms with Crippen LogP contribution in [0.15, 0.2) is 72.8 Å². The van der Waals surface area contributed by atoms with Gasteiger partial charge < -0.3 is 10.6 Å². The molecule has 3 aromatic rings. The number of hydrogen-bond acceptors (Lipinski definition) is 2. The van der Waals surface area contributed by atoms with E-state index in [2.05, 4.69) is 10.6 Å². The Balaban J connectivity index is 0.000000282. The summed E-state index contributed by atoms with van der Waals surface area (Å²) >= 11 is 11.6. The summed E-state index contributed by atoms with van der Waals surface area (Å²) in [6, 6.07) is 22.5. The Morgan fingerprint density at radius 2 is 1.68 bits per heavy atom. The van der Waals surface area contributed by atoms with Crippen LogP contribution in [-0.4, -0.2) is 11.8 Å². The predicted molar refractivity (Wildman–Crippen MR) is 125 cm³/mol. The Kier molecular flexibility index (Phi) is 6.03. The van der Waals surface area contributed by atoms with Crippen molar-refractivity contribution in [2.75, 3.05) is 5.32 Å². The van der Waals surface area contributed by atoms with Gasteiger partial charge in [0.25, 0.3) is 0 Å². The van der Waals surface area contributed by atoms with Crippen LogP contribution in [0.3, 0.4) is 0 Å². The Hall–Kier alpha value is -2.82. The zero-order valence-electron chi connectivity index (χ0n) is 17.0. The summed E-state index contributed by atoms with van der Waals surface area (Å²) in [7, 11) is 0. The molecule has 2 atom stereocenters. The molecule has 1 fully saturated rings. The molecule has 2 aliphatic heterocycles. The fourth-order valence-electron chi connectivity index (χ4n) is 4.34. The maximum Gasteiger partial charge on any atom is 0.237 e. The number of rotatable bonds is 1. The highest BCUT2D eigenvalue weighted by molar-refractivity contribution is 6.31. The van der Waals surface area contributed by atoms with E-state index in [1.165, 1.54) is 0 Å². The molecule has 1 spiro atoms. The third kappa shape index (κ3) is 4.18. The molecule has 2 N–H and O–H groups in total. The Morgan fingerprint density at radius 3 is 2.35 bits per heavy atom. The average molecular weight is 453 g/mol. The summed E-state index contributed by atoms with van der Waals surface area (Å²) in [5.74, 6) is -0.103. The molecule has 0 radical (unpaired) electrons. The van der Waals surface area contributed by atoms with Gasteiger partial charge in [0, 0.05) is 22.2 Å². The quantitative estimate of drug-likeness (QED) is 0.487. The van der Waals surface area contributed by atoms with E-state index < -0.39 is 5.41 Å². The van der Waals surface area contributed by atoms with E-state index in [4.69, 9.17) is 23.2 Å². The van der Waals surface area contributed by atoms with Crippen LogP contribution in [0.4, 0.5) is 5.69 Å². The zero-order chi connectivity index (χ0) is 22.0. The van der Waals surface area contributed by atoms with Gasteiger partial charge in [0.1, 0.15) is 5.41 Å². The van der Waals surface area contributed by atoms with Gasteiger partial charge in [-0.05, 0) is 48.7 Å². The lowest BCUT2D eigenvalue weighted by Crippen LogP contribution is -2.52. The molecule has 0 aliphatic carbocycles. The van der Waals surface area contributed by atoms with Crippen molar-refractivity contribution < 1.29 is 9.59 Å². The lowest BCUT2D eigenvalue weighted by molar-refractivity contribution is -0.130. The van der Waals surface area contributed by atoms with Crippen LogP contribution in [0.1, 0.15) is 35.6 Å². The molecule has 6 heteroatoms. The number of aryl methyl sites for hydroxylation is 1. The van der Waals surface area contributed by atoms with Crippen LogP contribution >= 0.6 is 23.2 Å². The second-order valence-electron chi connectivity index (χ2n) is 7.83. The summed E-state index contributed by atoms with van der Waals surface area (Å²) in [4.78, 5) is 25.1. The molecule has 3 aromatic carbocycles. The molecule has 0 bridgehead atoms. The topological polar surface area (TPSA) is 58.2 Å². The van der Waals surface area contributed by atoms with Crippen molar-refractivity contribution >= 4 is 40.7 Å². The van der Waals surface area contributed by atoms with Crippen molar-refractivity contribution in [1.82, 2.24) is 5.32 Å². The fourth-order valence-corrected chi connectivity index (χ4v) is 4.66. The standard InChI is InChI=1S/C19H17ClN2O2.C6H5Cl/c1-11-3-2-4-12(9-11)17-19(8-7-16(23)22-17)14-6-5-13(20)10-15(14)21-18(19)24;7-6-4-2-1-3-5-6/h2-6,9-10,17H,7-8H2,1H3,(H,21,24)(H,22,23);1-5H/t17-,19-;/m1./s1. The van der Waals surface area contributed by atoms with E-state index in [-0.39, 0.29) is 17.9 Å². The lowest BCUT2D eigenvalue weighted by atomic mass is 9.67. The van der Waals surface area contributed by atoms with Gasteiger partial charge in [-0.1, -0.05) is 77.3 Å². The molecular weight excluding hydrogens is 431 g/mol. The maximum absolute atomic E-state index is 13.0. The Morgan fingerprint density at radius 1 is 0.903 bits per heavy atom. The van der Waals surface area contributed by atoms with Gasteiger partial charge in [0.05, 0.1) is 6.04 Å². The van der Waals surface area contributed by atoms with Gasteiger partial charge in [-0.25, -0.2) is 0 Å². The van der Waals surface area contributed by atoms with E-state index >= 15 is 0 Å². The van der Waals surface area contributed by atoms with Crippen LogP contribution in [0.25, 0.3) is 0 Å². The summed E-state index contributed by atoms with van der Waals surface area (Å²) in [5, 5.41) is 7.37. The van der Waals surface area contributed by atoms with Gasteiger partial charge in [-0.15, -0.1) is 0 Å². The van der Waals surface area contributed by atoms with Crippen molar-refractivity contribution in [1.29, 1.82) is 0 Å². The minimum Gasteiger partial charge on any atom is -0.348 e. The van der Waals surface area contributed by atoms with Crippen LogP contribution < -0.4 is 10.6 Å². The van der Waals surface area contributed by atoms with E-state index in [0.29, 0.717) is 17.9 Å². The smallest absolute Gasteiger partial charge is 0.237 e. The SMILES string of the molecule is Cc1cccc([C@H]2NC(=O)CC[C@]23C(=O)Nc2cc(Cl)ccc23)c1.Clc1ccccc1. The molecular formula is C25H22Cl2N2O2. The predicted octanol–water partition coefficient (Wildman–Crippen LogP) is 5.83. The largest absolute Gasteiger partial charge is 0.348 e. The molecule has 31 heavy (non-hydrogen) atoms. The van der Waals surface area contributed by atoms with Crippen molar-refractivity contribution in [3.05, 3.63) is 99.5 Å². The molecule has 0 unspecified atom stereocenters. The minimum absolute atomic E-state index is 0.0256. The molecule has 0 saturated carbocycles. The monoisotopic (exact) mass is 452 g/mol.